The molecular weight excluding hydrogens is 203 g/mol. The molecule has 0 atom stereocenters. The Morgan fingerprint density at radius 3 is 2.12 bits per heavy atom. The van der Waals surface area contributed by atoms with Gasteiger partial charge in [0, 0.05) is 26.8 Å². The van der Waals surface area contributed by atoms with Gasteiger partial charge in [0.1, 0.15) is 5.82 Å². The molecule has 2 nitrogen and oxygen atoms in total. The SMILES string of the molecule is CN(C)/C=C(/CN(C)C)c1ccc(F)cc1. The van der Waals surface area contributed by atoms with Crippen molar-refractivity contribution >= 4 is 5.57 Å². The van der Waals surface area contributed by atoms with Crippen molar-refractivity contribution in [1.82, 2.24) is 9.80 Å². The second-order valence-corrected chi connectivity index (χ2v) is 4.36. The van der Waals surface area contributed by atoms with E-state index < -0.39 is 0 Å². The van der Waals surface area contributed by atoms with Crippen molar-refractivity contribution in [2.45, 2.75) is 0 Å². The summed E-state index contributed by atoms with van der Waals surface area (Å²) in [6.45, 7) is 0.837. The standard InChI is InChI=1S/C13H19FN2/c1-15(2)9-12(10-16(3)4)11-5-7-13(14)8-6-11/h5-9H,10H2,1-4H3/b12-9-. The van der Waals surface area contributed by atoms with Crippen molar-refractivity contribution in [2.24, 2.45) is 0 Å². The number of nitrogens with zero attached hydrogens (tertiary/aromatic N) is 2. The molecule has 0 aromatic heterocycles. The molecule has 0 saturated carbocycles. The molecule has 88 valence electrons. The van der Waals surface area contributed by atoms with Crippen molar-refractivity contribution in [3.05, 3.63) is 41.8 Å². The maximum atomic E-state index is 12.8. The van der Waals surface area contributed by atoms with Crippen molar-refractivity contribution < 1.29 is 4.39 Å². The lowest BCUT2D eigenvalue weighted by atomic mass is 10.1. The largest absolute Gasteiger partial charge is 0.383 e. The van der Waals surface area contributed by atoms with Gasteiger partial charge in [-0.3, -0.25) is 0 Å². The number of hydrogen-bond donors (Lipinski definition) is 0. The smallest absolute Gasteiger partial charge is 0.123 e. The lowest BCUT2D eigenvalue weighted by Crippen LogP contribution is -2.16. The van der Waals surface area contributed by atoms with Crippen LogP contribution in [0, 0.1) is 5.82 Å². The summed E-state index contributed by atoms with van der Waals surface area (Å²) < 4.78 is 12.8. The molecule has 0 radical (unpaired) electrons. The van der Waals surface area contributed by atoms with Crippen LogP contribution in [0.5, 0.6) is 0 Å². The van der Waals surface area contributed by atoms with E-state index in [0.29, 0.717) is 0 Å². The lowest BCUT2D eigenvalue weighted by molar-refractivity contribution is 0.459. The average Bonchev–Trinajstić information content (AvgIpc) is 2.16. The van der Waals surface area contributed by atoms with Gasteiger partial charge in [0.25, 0.3) is 0 Å². The maximum absolute atomic E-state index is 12.8. The fourth-order valence-corrected chi connectivity index (χ4v) is 1.52. The van der Waals surface area contributed by atoms with Crippen LogP contribution in [0.25, 0.3) is 5.57 Å². The summed E-state index contributed by atoms with van der Waals surface area (Å²) in [5, 5.41) is 0. The first-order chi connectivity index (χ1) is 7.49. The van der Waals surface area contributed by atoms with Gasteiger partial charge < -0.3 is 9.80 Å². The van der Waals surface area contributed by atoms with Gasteiger partial charge in [-0.2, -0.15) is 0 Å². The van der Waals surface area contributed by atoms with Crippen LogP contribution < -0.4 is 0 Å². The van der Waals surface area contributed by atoms with E-state index in [0.717, 1.165) is 12.1 Å². The minimum absolute atomic E-state index is 0.196. The highest BCUT2D eigenvalue weighted by atomic mass is 19.1. The van der Waals surface area contributed by atoms with Crippen LogP contribution in [0.4, 0.5) is 4.39 Å². The Balaban J connectivity index is 2.96. The van der Waals surface area contributed by atoms with Crippen LogP contribution in [0.1, 0.15) is 5.56 Å². The Kier molecular flexibility index (Phi) is 4.50. The molecule has 0 aliphatic carbocycles. The van der Waals surface area contributed by atoms with Gasteiger partial charge in [-0.15, -0.1) is 0 Å². The van der Waals surface area contributed by atoms with E-state index in [1.54, 1.807) is 0 Å². The summed E-state index contributed by atoms with van der Waals surface area (Å²) in [4.78, 5) is 4.10. The highest BCUT2D eigenvalue weighted by molar-refractivity contribution is 5.66. The average molecular weight is 222 g/mol. The van der Waals surface area contributed by atoms with Crippen molar-refractivity contribution in [3.8, 4) is 0 Å². The molecule has 0 heterocycles. The lowest BCUT2D eigenvalue weighted by Gasteiger charge is -2.16. The monoisotopic (exact) mass is 222 g/mol. The molecule has 0 bridgehead atoms. The molecule has 3 heteroatoms. The molecular formula is C13H19FN2. The molecule has 1 aromatic carbocycles. The Morgan fingerprint density at radius 1 is 1.12 bits per heavy atom. The van der Waals surface area contributed by atoms with E-state index >= 15 is 0 Å². The Hall–Kier alpha value is -1.35. The molecule has 1 rings (SSSR count). The Bertz CT molecular complexity index is 353. The zero-order chi connectivity index (χ0) is 12.1. The molecule has 0 unspecified atom stereocenters. The van der Waals surface area contributed by atoms with Gasteiger partial charge in [-0.25, -0.2) is 4.39 Å². The van der Waals surface area contributed by atoms with E-state index in [1.165, 1.54) is 17.7 Å². The minimum Gasteiger partial charge on any atom is -0.383 e. The molecule has 0 saturated heterocycles. The third-order valence-electron chi connectivity index (χ3n) is 2.12. The fraction of sp³-hybridized carbons (Fsp3) is 0.385. The third kappa shape index (κ3) is 4.03. The van der Waals surface area contributed by atoms with E-state index in [-0.39, 0.29) is 5.82 Å². The first kappa shape index (κ1) is 12.7. The summed E-state index contributed by atoms with van der Waals surface area (Å²) in [5.74, 6) is -0.196. The molecule has 0 aliphatic rings. The van der Waals surface area contributed by atoms with E-state index in [2.05, 4.69) is 11.1 Å². The number of halogens is 1. The molecule has 0 aliphatic heterocycles. The normalized spacial score (nSPS) is 12.0. The van der Waals surface area contributed by atoms with Gasteiger partial charge in [0.2, 0.25) is 0 Å². The predicted molar refractivity (Wildman–Crippen MR) is 66.6 cm³/mol. The third-order valence-corrected chi connectivity index (χ3v) is 2.12. The van der Waals surface area contributed by atoms with Gasteiger partial charge in [-0.1, -0.05) is 12.1 Å². The van der Waals surface area contributed by atoms with Crippen molar-refractivity contribution in [1.29, 1.82) is 0 Å². The van der Waals surface area contributed by atoms with Crippen LogP contribution in [0.2, 0.25) is 0 Å². The van der Waals surface area contributed by atoms with Gasteiger partial charge in [0.05, 0.1) is 0 Å². The van der Waals surface area contributed by atoms with Crippen LogP contribution >= 0.6 is 0 Å². The predicted octanol–water partition coefficient (Wildman–Crippen LogP) is 2.29. The van der Waals surface area contributed by atoms with E-state index in [1.807, 2.05) is 45.2 Å². The molecule has 16 heavy (non-hydrogen) atoms. The topological polar surface area (TPSA) is 6.48 Å². The molecule has 1 aromatic rings. The number of benzene rings is 1. The summed E-state index contributed by atoms with van der Waals surface area (Å²) in [6, 6.07) is 6.62. The van der Waals surface area contributed by atoms with Crippen molar-refractivity contribution in [2.75, 3.05) is 34.7 Å². The zero-order valence-electron chi connectivity index (χ0n) is 10.4. The first-order valence-electron chi connectivity index (χ1n) is 5.27. The summed E-state index contributed by atoms with van der Waals surface area (Å²) in [6.07, 6.45) is 2.06. The summed E-state index contributed by atoms with van der Waals surface area (Å²) in [5.41, 5.74) is 2.24. The summed E-state index contributed by atoms with van der Waals surface area (Å²) in [7, 11) is 8.01. The molecule has 0 spiro atoms. The Morgan fingerprint density at radius 2 is 1.69 bits per heavy atom. The van der Waals surface area contributed by atoms with E-state index in [4.69, 9.17) is 0 Å². The number of likely N-dealkylation sites (N-methyl/N-ethyl adjacent to an activating group) is 1. The van der Waals surface area contributed by atoms with E-state index in [9.17, 15) is 4.39 Å². The van der Waals surface area contributed by atoms with Crippen LogP contribution in [-0.4, -0.2) is 44.5 Å². The molecule has 0 fully saturated rings. The second kappa shape index (κ2) is 5.66. The van der Waals surface area contributed by atoms with Gasteiger partial charge in [0.15, 0.2) is 0 Å². The van der Waals surface area contributed by atoms with Gasteiger partial charge in [-0.05, 0) is 37.4 Å². The minimum atomic E-state index is -0.196. The maximum Gasteiger partial charge on any atom is 0.123 e. The second-order valence-electron chi connectivity index (χ2n) is 4.36. The number of hydrogen-bond acceptors (Lipinski definition) is 2. The van der Waals surface area contributed by atoms with Crippen LogP contribution in [0.3, 0.4) is 0 Å². The highest BCUT2D eigenvalue weighted by Gasteiger charge is 2.04. The van der Waals surface area contributed by atoms with Crippen molar-refractivity contribution in [3.63, 3.8) is 0 Å². The first-order valence-corrected chi connectivity index (χ1v) is 5.27. The number of rotatable bonds is 4. The Labute approximate surface area is 97.0 Å². The zero-order valence-corrected chi connectivity index (χ0v) is 10.4. The molecule has 0 amide bonds. The summed E-state index contributed by atoms with van der Waals surface area (Å²) >= 11 is 0. The van der Waals surface area contributed by atoms with Crippen LogP contribution in [0.15, 0.2) is 30.5 Å². The fourth-order valence-electron chi connectivity index (χ4n) is 1.52. The van der Waals surface area contributed by atoms with Crippen LogP contribution in [-0.2, 0) is 0 Å². The van der Waals surface area contributed by atoms with Gasteiger partial charge >= 0.3 is 0 Å². The highest BCUT2D eigenvalue weighted by Crippen LogP contribution is 2.16. The molecule has 0 N–H and O–H groups in total. The quantitative estimate of drug-likeness (QED) is 0.771.